The molecule has 1 saturated heterocycles. The molecule has 0 radical (unpaired) electrons. The largest absolute Gasteiger partial charge is 0.326 e. The fourth-order valence-corrected chi connectivity index (χ4v) is 3.17. The molecular formula is C18H22N2. The summed E-state index contributed by atoms with van der Waals surface area (Å²) in [6.07, 6.45) is 0. The number of hydrogen-bond donors (Lipinski definition) is 1. The van der Waals surface area contributed by atoms with Gasteiger partial charge < -0.3 is 5.73 Å². The van der Waals surface area contributed by atoms with Crippen molar-refractivity contribution in [2.24, 2.45) is 5.73 Å². The number of hydrogen-bond acceptors (Lipinski definition) is 2. The molecule has 1 heterocycles. The third-order valence-corrected chi connectivity index (χ3v) is 4.45. The van der Waals surface area contributed by atoms with Crippen LogP contribution in [0.15, 0.2) is 60.7 Å². The van der Waals surface area contributed by atoms with E-state index >= 15 is 0 Å². The van der Waals surface area contributed by atoms with E-state index in [0.29, 0.717) is 12.0 Å². The van der Waals surface area contributed by atoms with E-state index in [4.69, 9.17) is 5.73 Å². The van der Waals surface area contributed by atoms with Gasteiger partial charge in [0.25, 0.3) is 0 Å². The quantitative estimate of drug-likeness (QED) is 0.924. The second-order valence-electron chi connectivity index (χ2n) is 5.72. The molecule has 0 bridgehead atoms. The van der Waals surface area contributed by atoms with Crippen molar-refractivity contribution in [1.82, 2.24) is 4.90 Å². The summed E-state index contributed by atoms with van der Waals surface area (Å²) in [5.41, 5.74) is 9.11. The van der Waals surface area contributed by atoms with Gasteiger partial charge >= 0.3 is 0 Å². The summed E-state index contributed by atoms with van der Waals surface area (Å²) in [5, 5.41) is 0. The van der Waals surface area contributed by atoms with Crippen molar-refractivity contribution < 1.29 is 0 Å². The van der Waals surface area contributed by atoms with Gasteiger partial charge in [0, 0.05) is 31.1 Å². The van der Waals surface area contributed by atoms with E-state index in [1.54, 1.807) is 0 Å². The Labute approximate surface area is 121 Å². The van der Waals surface area contributed by atoms with Crippen LogP contribution in [0.3, 0.4) is 0 Å². The van der Waals surface area contributed by atoms with E-state index in [1.165, 1.54) is 11.1 Å². The SMILES string of the molecule is CC(c1ccccc1)N1C[C@@H](N)[C@H](c2ccccc2)C1. The van der Waals surface area contributed by atoms with E-state index in [2.05, 4.69) is 72.5 Å². The lowest BCUT2D eigenvalue weighted by atomic mass is 9.95. The number of benzene rings is 2. The van der Waals surface area contributed by atoms with Gasteiger partial charge in [0.15, 0.2) is 0 Å². The van der Waals surface area contributed by atoms with Crippen LogP contribution < -0.4 is 5.73 Å². The zero-order chi connectivity index (χ0) is 13.9. The van der Waals surface area contributed by atoms with Crippen molar-refractivity contribution in [1.29, 1.82) is 0 Å². The average Bonchev–Trinajstić information content (AvgIpc) is 2.90. The Kier molecular flexibility index (Phi) is 3.86. The molecule has 1 aliphatic heterocycles. The van der Waals surface area contributed by atoms with Gasteiger partial charge in [-0.1, -0.05) is 60.7 Å². The summed E-state index contributed by atoms with van der Waals surface area (Å²) in [5.74, 6) is 0.447. The molecule has 1 aliphatic rings. The minimum atomic E-state index is 0.226. The molecule has 3 rings (SSSR count). The number of rotatable bonds is 3. The second-order valence-corrected chi connectivity index (χ2v) is 5.72. The van der Waals surface area contributed by atoms with Crippen LogP contribution in [0.2, 0.25) is 0 Å². The molecule has 2 heteroatoms. The molecule has 0 spiro atoms. The number of nitrogens with two attached hydrogens (primary N) is 1. The molecule has 2 nitrogen and oxygen atoms in total. The van der Waals surface area contributed by atoms with Crippen molar-refractivity contribution in [2.75, 3.05) is 13.1 Å². The summed E-state index contributed by atoms with van der Waals surface area (Å²) in [6.45, 7) is 4.28. The fourth-order valence-electron chi connectivity index (χ4n) is 3.17. The Bertz CT molecular complexity index is 538. The van der Waals surface area contributed by atoms with Gasteiger partial charge in [0.05, 0.1) is 0 Å². The number of nitrogens with zero attached hydrogens (tertiary/aromatic N) is 1. The maximum Gasteiger partial charge on any atom is 0.0320 e. The van der Waals surface area contributed by atoms with Crippen LogP contribution in [-0.4, -0.2) is 24.0 Å². The molecule has 104 valence electrons. The third-order valence-electron chi connectivity index (χ3n) is 4.45. The first kappa shape index (κ1) is 13.3. The van der Waals surface area contributed by atoms with E-state index in [9.17, 15) is 0 Å². The smallest absolute Gasteiger partial charge is 0.0320 e. The Morgan fingerprint density at radius 2 is 1.55 bits per heavy atom. The third kappa shape index (κ3) is 2.62. The highest BCUT2D eigenvalue weighted by Gasteiger charge is 2.33. The van der Waals surface area contributed by atoms with Crippen LogP contribution in [0.1, 0.15) is 30.0 Å². The van der Waals surface area contributed by atoms with E-state index < -0.39 is 0 Å². The van der Waals surface area contributed by atoms with E-state index in [-0.39, 0.29) is 6.04 Å². The van der Waals surface area contributed by atoms with Crippen molar-refractivity contribution in [3.05, 3.63) is 71.8 Å². The standard InChI is InChI=1S/C18H22N2/c1-14(15-8-4-2-5-9-15)20-12-17(18(19)13-20)16-10-6-3-7-11-16/h2-11,14,17-18H,12-13,19H2,1H3/t14?,17-,18+/m0/s1. The van der Waals surface area contributed by atoms with Gasteiger partial charge in [-0.25, -0.2) is 0 Å². The van der Waals surface area contributed by atoms with Crippen molar-refractivity contribution >= 4 is 0 Å². The first-order chi connectivity index (χ1) is 9.75. The Balaban J connectivity index is 1.75. The molecule has 2 aromatic rings. The maximum atomic E-state index is 6.38. The number of likely N-dealkylation sites (tertiary alicyclic amines) is 1. The zero-order valence-electron chi connectivity index (χ0n) is 11.9. The molecule has 2 N–H and O–H groups in total. The Morgan fingerprint density at radius 3 is 2.20 bits per heavy atom. The van der Waals surface area contributed by atoms with E-state index in [0.717, 1.165) is 13.1 Å². The summed E-state index contributed by atoms with van der Waals surface area (Å²) in [4.78, 5) is 2.50. The lowest BCUT2D eigenvalue weighted by Gasteiger charge is -2.24. The lowest BCUT2D eigenvalue weighted by molar-refractivity contribution is 0.257. The first-order valence-corrected chi connectivity index (χ1v) is 7.35. The molecule has 0 amide bonds. The minimum Gasteiger partial charge on any atom is -0.326 e. The van der Waals surface area contributed by atoms with Gasteiger partial charge in [-0.15, -0.1) is 0 Å². The summed E-state index contributed by atoms with van der Waals surface area (Å²) in [7, 11) is 0. The summed E-state index contributed by atoms with van der Waals surface area (Å²) < 4.78 is 0. The molecular weight excluding hydrogens is 244 g/mol. The van der Waals surface area contributed by atoms with Crippen molar-refractivity contribution in [3.8, 4) is 0 Å². The predicted molar refractivity (Wildman–Crippen MR) is 83.6 cm³/mol. The molecule has 1 unspecified atom stereocenters. The van der Waals surface area contributed by atoms with Crippen molar-refractivity contribution in [2.45, 2.75) is 24.9 Å². The highest BCUT2D eigenvalue weighted by molar-refractivity contribution is 5.25. The van der Waals surface area contributed by atoms with Crippen LogP contribution >= 0.6 is 0 Å². The van der Waals surface area contributed by atoms with Gasteiger partial charge in [0.2, 0.25) is 0 Å². The van der Waals surface area contributed by atoms with Crippen LogP contribution in [0.25, 0.3) is 0 Å². The molecule has 3 atom stereocenters. The van der Waals surface area contributed by atoms with Crippen LogP contribution in [0.4, 0.5) is 0 Å². The molecule has 0 saturated carbocycles. The molecule has 0 aliphatic carbocycles. The normalized spacial score (nSPS) is 24.7. The van der Waals surface area contributed by atoms with Crippen molar-refractivity contribution in [3.63, 3.8) is 0 Å². The summed E-state index contributed by atoms with van der Waals surface area (Å²) in [6, 6.07) is 22.0. The van der Waals surface area contributed by atoms with Crippen LogP contribution in [0, 0.1) is 0 Å². The van der Waals surface area contributed by atoms with Crippen LogP contribution in [0.5, 0.6) is 0 Å². The lowest BCUT2D eigenvalue weighted by Crippen LogP contribution is -2.29. The molecule has 0 aromatic heterocycles. The first-order valence-electron chi connectivity index (χ1n) is 7.35. The monoisotopic (exact) mass is 266 g/mol. The fraction of sp³-hybridized carbons (Fsp3) is 0.333. The Morgan fingerprint density at radius 1 is 0.950 bits per heavy atom. The molecule has 1 fully saturated rings. The predicted octanol–water partition coefficient (Wildman–Crippen LogP) is 3.17. The topological polar surface area (TPSA) is 29.3 Å². The highest BCUT2D eigenvalue weighted by Crippen LogP contribution is 2.32. The van der Waals surface area contributed by atoms with Gasteiger partial charge in [-0.05, 0) is 18.1 Å². The van der Waals surface area contributed by atoms with Gasteiger partial charge in [-0.3, -0.25) is 4.90 Å². The Hall–Kier alpha value is -1.64. The molecule has 2 aromatic carbocycles. The van der Waals surface area contributed by atoms with E-state index in [1.807, 2.05) is 0 Å². The zero-order valence-corrected chi connectivity index (χ0v) is 11.9. The van der Waals surface area contributed by atoms with Gasteiger partial charge in [0.1, 0.15) is 0 Å². The molecule has 20 heavy (non-hydrogen) atoms. The second kappa shape index (κ2) is 5.78. The average molecular weight is 266 g/mol. The minimum absolute atomic E-state index is 0.226. The highest BCUT2D eigenvalue weighted by atomic mass is 15.2. The maximum absolute atomic E-state index is 6.38. The summed E-state index contributed by atoms with van der Waals surface area (Å²) >= 11 is 0. The van der Waals surface area contributed by atoms with Gasteiger partial charge in [-0.2, -0.15) is 0 Å². The van der Waals surface area contributed by atoms with Crippen LogP contribution in [-0.2, 0) is 0 Å².